The fourth-order valence-corrected chi connectivity index (χ4v) is 4.57. The van der Waals surface area contributed by atoms with Crippen LogP contribution in [0.25, 0.3) is 11.3 Å². The molecule has 0 radical (unpaired) electrons. The third-order valence-corrected chi connectivity index (χ3v) is 6.50. The first kappa shape index (κ1) is 23.7. The lowest BCUT2D eigenvalue weighted by Gasteiger charge is -2.17. The molecule has 0 spiro atoms. The number of nitrogens with one attached hydrogen (secondary N) is 2. The van der Waals surface area contributed by atoms with E-state index in [1.54, 1.807) is 6.20 Å². The van der Waals surface area contributed by atoms with E-state index in [2.05, 4.69) is 14.7 Å². The second kappa shape index (κ2) is 10.6. The van der Waals surface area contributed by atoms with Crippen molar-refractivity contribution < 1.29 is 22.0 Å². The summed E-state index contributed by atoms with van der Waals surface area (Å²) in [6.07, 6.45) is 4.63. The normalized spacial score (nSPS) is 12.6. The Bertz CT molecular complexity index is 1160. The zero-order chi connectivity index (χ0) is 23.1. The summed E-state index contributed by atoms with van der Waals surface area (Å²) in [5, 5.41) is 0. The van der Waals surface area contributed by atoms with Crippen LogP contribution in [-0.4, -0.2) is 24.2 Å². The van der Waals surface area contributed by atoms with E-state index in [9.17, 15) is 22.0 Å². The number of unbranched alkanes of at least 4 members (excludes halogenated alkanes) is 2. The summed E-state index contributed by atoms with van der Waals surface area (Å²) < 4.78 is 55.1. The minimum Gasteiger partial charge on any atom is -0.341 e. The Balaban J connectivity index is 1.81. The van der Waals surface area contributed by atoms with Crippen molar-refractivity contribution in [2.75, 3.05) is 0 Å². The third kappa shape index (κ3) is 6.30. The molecule has 1 atom stereocenters. The molecule has 0 aliphatic heterocycles. The van der Waals surface area contributed by atoms with Crippen LogP contribution in [0.15, 0.2) is 59.6 Å². The Hall–Kier alpha value is -2.91. The molecule has 0 aliphatic carbocycles. The van der Waals surface area contributed by atoms with Gasteiger partial charge in [-0.25, -0.2) is 26.9 Å². The number of rotatable bonds is 11. The van der Waals surface area contributed by atoms with Gasteiger partial charge in [0, 0.05) is 6.42 Å². The third-order valence-electron chi connectivity index (χ3n) is 5.03. The van der Waals surface area contributed by atoms with Crippen LogP contribution in [-0.2, 0) is 14.8 Å². The van der Waals surface area contributed by atoms with Crippen molar-refractivity contribution >= 4 is 15.8 Å². The molecule has 2 N–H and O–H groups in total. The highest BCUT2D eigenvalue weighted by molar-refractivity contribution is 7.89. The van der Waals surface area contributed by atoms with E-state index in [4.69, 9.17) is 0 Å². The SMILES string of the molecule is CC(=O)CCCCC[C@H](NS(=O)(=O)c1ccc(F)c(F)c1)c1ncc(-c2ccccc2)[nH]1. The van der Waals surface area contributed by atoms with Crippen molar-refractivity contribution in [3.63, 3.8) is 0 Å². The molecule has 2 aromatic carbocycles. The number of nitrogens with zero attached hydrogens (tertiary/aromatic N) is 1. The highest BCUT2D eigenvalue weighted by Gasteiger charge is 2.24. The molecule has 9 heteroatoms. The van der Waals surface area contributed by atoms with Crippen molar-refractivity contribution in [3.05, 3.63) is 72.2 Å². The number of sulfonamides is 1. The van der Waals surface area contributed by atoms with Gasteiger partial charge in [0.15, 0.2) is 11.6 Å². The van der Waals surface area contributed by atoms with E-state index in [1.807, 2.05) is 30.3 Å². The largest absolute Gasteiger partial charge is 0.341 e. The van der Waals surface area contributed by atoms with Crippen LogP contribution >= 0.6 is 0 Å². The summed E-state index contributed by atoms with van der Waals surface area (Å²) in [7, 11) is -4.13. The maximum atomic E-state index is 13.6. The number of imidazole rings is 1. The second-order valence-electron chi connectivity index (χ2n) is 7.60. The highest BCUT2D eigenvalue weighted by atomic mass is 32.2. The van der Waals surface area contributed by atoms with Gasteiger partial charge in [0.1, 0.15) is 11.6 Å². The van der Waals surface area contributed by atoms with E-state index in [-0.39, 0.29) is 10.7 Å². The van der Waals surface area contributed by atoms with Gasteiger partial charge in [-0.05, 0) is 43.5 Å². The average molecular weight is 462 g/mol. The van der Waals surface area contributed by atoms with E-state index < -0.39 is 27.7 Å². The molecule has 0 saturated heterocycles. The molecule has 0 unspecified atom stereocenters. The molecule has 0 amide bonds. The summed E-state index contributed by atoms with van der Waals surface area (Å²) >= 11 is 0. The molecule has 0 saturated carbocycles. The first-order valence-corrected chi connectivity index (χ1v) is 11.8. The van der Waals surface area contributed by atoms with Crippen LogP contribution in [0.1, 0.15) is 50.9 Å². The van der Waals surface area contributed by atoms with Gasteiger partial charge in [-0.2, -0.15) is 0 Å². The van der Waals surface area contributed by atoms with Gasteiger partial charge in [0.2, 0.25) is 10.0 Å². The average Bonchev–Trinajstić information content (AvgIpc) is 3.25. The number of carbonyl (C=O) groups is 1. The van der Waals surface area contributed by atoms with Gasteiger partial charge >= 0.3 is 0 Å². The van der Waals surface area contributed by atoms with E-state index >= 15 is 0 Å². The Morgan fingerprint density at radius 1 is 1.06 bits per heavy atom. The van der Waals surface area contributed by atoms with Crippen LogP contribution in [0.4, 0.5) is 8.78 Å². The lowest BCUT2D eigenvalue weighted by Crippen LogP contribution is -2.29. The zero-order valence-corrected chi connectivity index (χ0v) is 18.5. The molecular weight excluding hydrogens is 436 g/mol. The van der Waals surface area contributed by atoms with Gasteiger partial charge in [-0.3, -0.25) is 0 Å². The van der Waals surface area contributed by atoms with Crippen LogP contribution in [0.2, 0.25) is 0 Å². The molecule has 6 nitrogen and oxygen atoms in total. The summed E-state index contributed by atoms with van der Waals surface area (Å²) in [5.41, 5.74) is 1.63. The first-order chi connectivity index (χ1) is 15.3. The Morgan fingerprint density at radius 3 is 2.50 bits per heavy atom. The Kier molecular flexibility index (Phi) is 7.87. The number of halogens is 2. The number of H-pyrrole nitrogens is 1. The van der Waals surface area contributed by atoms with Crippen LogP contribution in [0.3, 0.4) is 0 Å². The number of ketones is 1. The van der Waals surface area contributed by atoms with Crippen molar-refractivity contribution in [2.45, 2.75) is 50.0 Å². The quantitative estimate of drug-likeness (QED) is 0.397. The molecule has 3 rings (SSSR count). The molecule has 0 fully saturated rings. The van der Waals surface area contributed by atoms with E-state index in [0.717, 1.165) is 29.8 Å². The summed E-state index contributed by atoms with van der Waals surface area (Å²) in [4.78, 5) is 18.3. The topological polar surface area (TPSA) is 91.9 Å². The van der Waals surface area contributed by atoms with Crippen LogP contribution < -0.4 is 4.72 Å². The van der Waals surface area contributed by atoms with Gasteiger partial charge in [0.25, 0.3) is 0 Å². The predicted molar refractivity (Wildman–Crippen MR) is 117 cm³/mol. The molecule has 0 bridgehead atoms. The van der Waals surface area contributed by atoms with Crippen molar-refractivity contribution in [1.82, 2.24) is 14.7 Å². The number of carbonyl (C=O) groups excluding carboxylic acids is 1. The molecule has 32 heavy (non-hydrogen) atoms. The molecule has 1 aromatic heterocycles. The van der Waals surface area contributed by atoms with Gasteiger partial charge in [-0.15, -0.1) is 0 Å². The van der Waals surface area contributed by atoms with Crippen LogP contribution in [0.5, 0.6) is 0 Å². The van der Waals surface area contributed by atoms with Crippen molar-refractivity contribution in [2.24, 2.45) is 0 Å². The summed E-state index contributed by atoms with van der Waals surface area (Å²) in [6, 6.07) is 11.2. The smallest absolute Gasteiger partial charge is 0.241 e. The van der Waals surface area contributed by atoms with E-state index in [0.29, 0.717) is 37.6 Å². The fourth-order valence-electron chi connectivity index (χ4n) is 3.33. The number of hydrogen-bond donors (Lipinski definition) is 2. The highest BCUT2D eigenvalue weighted by Crippen LogP contribution is 2.25. The van der Waals surface area contributed by atoms with Gasteiger partial charge < -0.3 is 9.78 Å². The van der Waals surface area contributed by atoms with Crippen molar-refractivity contribution in [3.8, 4) is 11.3 Å². The summed E-state index contributed by atoms with van der Waals surface area (Å²) in [6.45, 7) is 1.53. The standard InChI is InChI=1S/C23H25F2N3O3S/c1-16(29)8-4-2-7-11-21(23-26-15-22(27-23)17-9-5-3-6-10-17)28-32(30,31)18-12-13-19(24)20(25)14-18/h3,5-6,9-10,12-15,21,28H,2,4,7-8,11H2,1H3,(H,26,27)/t21-/m0/s1. The number of Topliss-reactive ketones (excluding diaryl/α,β-unsaturated/α-hetero) is 1. The van der Waals surface area contributed by atoms with E-state index in [1.165, 1.54) is 6.92 Å². The van der Waals surface area contributed by atoms with Crippen molar-refractivity contribution in [1.29, 1.82) is 0 Å². The van der Waals surface area contributed by atoms with Crippen LogP contribution in [0, 0.1) is 11.6 Å². The van der Waals surface area contributed by atoms with Gasteiger partial charge in [-0.1, -0.05) is 43.2 Å². The minimum atomic E-state index is -4.13. The molecule has 0 aliphatic rings. The molecular formula is C23H25F2N3O3S. The molecule has 170 valence electrons. The molecule has 1 heterocycles. The Labute approximate surface area is 186 Å². The number of aromatic amines is 1. The molecule has 3 aromatic rings. The zero-order valence-electron chi connectivity index (χ0n) is 17.6. The summed E-state index contributed by atoms with van der Waals surface area (Å²) in [5.74, 6) is -1.83. The first-order valence-electron chi connectivity index (χ1n) is 10.3. The monoisotopic (exact) mass is 461 g/mol. The fraction of sp³-hybridized carbons (Fsp3) is 0.304. The number of benzene rings is 2. The second-order valence-corrected chi connectivity index (χ2v) is 9.31. The number of hydrogen-bond acceptors (Lipinski definition) is 4. The maximum absolute atomic E-state index is 13.6. The minimum absolute atomic E-state index is 0.110. The predicted octanol–water partition coefficient (Wildman–Crippen LogP) is 4.91. The maximum Gasteiger partial charge on any atom is 0.241 e. The number of aromatic nitrogens is 2. The van der Waals surface area contributed by atoms with Gasteiger partial charge in [0.05, 0.1) is 22.8 Å². The lowest BCUT2D eigenvalue weighted by molar-refractivity contribution is -0.117. The lowest BCUT2D eigenvalue weighted by atomic mass is 10.1. The Morgan fingerprint density at radius 2 is 1.81 bits per heavy atom.